The van der Waals surface area contributed by atoms with Crippen LogP contribution in [-0.2, 0) is 4.74 Å². The van der Waals surface area contributed by atoms with Crippen LogP contribution < -0.4 is 16.0 Å². The van der Waals surface area contributed by atoms with Crippen LogP contribution in [0.25, 0.3) is 0 Å². The van der Waals surface area contributed by atoms with Gasteiger partial charge in [0.25, 0.3) is 0 Å². The van der Waals surface area contributed by atoms with E-state index in [9.17, 15) is 4.79 Å². The molecule has 6 nitrogen and oxygen atoms in total. The smallest absolute Gasteiger partial charge is 0.340 e. The van der Waals surface area contributed by atoms with Gasteiger partial charge in [0.1, 0.15) is 0 Å². The van der Waals surface area contributed by atoms with Crippen molar-refractivity contribution >= 4 is 28.8 Å². The molecular weight excluding hydrogens is 268 g/mol. The molecule has 3 N–H and O–H groups in total. The molecule has 0 saturated heterocycles. The molecule has 21 heavy (non-hydrogen) atoms. The van der Waals surface area contributed by atoms with Crippen LogP contribution in [0.4, 0.5) is 22.9 Å². The monoisotopic (exact) mass is 286 g/mol. The highest BCUT2D eigenvalue weighted by Crippen LogP contribution is 2.30. The molecule has 0 amide bonds. The number of nitrogens with one attached hydrogen (secondary N) is 1. The van der Waals surface area contributed by atoms with E-state index in [0.717, 1.165) is 11.4 Å². The first-order valence-electron chi connectivity index (χ1n) is 6.40. The van der Waals surface area contributed by atoms with Crippen LogP contribution in [0.3, 0.4) is 0 Å². The first-order chi connectivity index (χ1) is 10.0. The minimum absolute atomic E-state index is 0.262. The molecule has 0 aliphatic heterocycles. The second-order valence-electron chi connectivity index (χ2n) is 4.65. The molecule has 0 unspecified atom stereocenters. The fourth-order valence-corrected chi connectivity index (χ4v) is 1.96. The van der Waals surface area contributed by atoms with Crippen LogP contribution in [0.2, 0.25) is 0 Å². The molecule has 0 radical (unpaired) electrons. The number of benzene rings is 1. The molecule has 0 saturated carbocycles. The summed E-state index contributed by atoms with van der Waals surface area (Å²) in [7, 11) is 5.21. The lowest BCUT2D eigenvalue weighted by Crippen LogP contribution is -2.12. The summed E-state index contributed by atoms with van der Waals surface area (Å²) in [6.07, 6.45) is 1.52. The van der Waals surface area contributed by atoms with Gasteiger partial charge in [0.2, 0.25) is 0 Å². The predicted molar refractivity (Wildman–Crippen MR) is 84.0 cm³/mol. The predicted octanol–water partition coefficient (Wildman–Crippen LogP) is 2.26. The quantitative estimate of drug-likeness (QED) is 0.839. The highest BCUT2D eigenvalue weighted by atomic mass is 16.5. The molecule has 2 aromatic rings. The number of nitrogen functional groups attached to an aromatic ring is 1. The maximum Gasteiger partial charge on any atom is 0.340 e. The van der Waals surface area contributed by atoms with Crippen molar-refractivity contribution in [3.05, 3.63) is 42.1 Å². The van der Waals surface area contributed by atoms with Crippen molar-refractivity contribution in [2.75, 3.05) is 37.2 Å². The van der Waals surface area contributed by atoms with Gasteiger partial charge in [0, 0.05) is 20.3 Å². The van der Waals surface area contributed by atoms with Gasteiger partial charge in [-0.05, 0) is 18.2 Å². The summed E-state index contributed by atoms with van der Waals surface area (Å²) in [6, 6.07) is 9.28. The van der Waals surface area contributed by atoms with Crippen molar-refractivity contribution in [1.82, 2.24) is 4.98 Å². The number of para-hydroxylation sites is 2. The highest BCUT2D eigenvalue weighted by molar-refractivity contribution is 5.98. The summed E-state index contributed by atoms with van der Waals surface area (Å²) < 4.78 is 4.70. The molecule has 2 rings (SSSR count). The lowest BCUT2D eigenvalue weighted by molar-refractivity contribution is 0.0602. The Morgan fingerprint density at radius 1 is 1.29 bits per heavy atom. The maximum atomic E-state index is 11.6. The summed E-state index contributed by atoms with van der Waals surface area (Å²) in [5, 5.41) is 3.16. The van der Waals surface area contributed by atoms with E-state index < -0.39 is 5.97 Å². The summed E-state index contributed by atoms with van der Waals surface area (Å²) >= 11 is 0. The third-order valence-corrected chi connectivity index (χ3v) is 3.03. The molecule has 0 aliphatic carbocycles. The van der Waals surface area contributed by atoms with E-state index in [4.69, 9.17) is 10.5 Å². The van der Waals surface area contributed by atoms with Crippen molar-refractivity contribution in [3.8, 4) is 0 Å². The Bertz CT molecular complexity index is 656. The summed E-state index contributed by atoms with van der Waals surface area (Å²) in [5.74, 6) is -0.0638. The average molecular weight is 286 g/mol. The molecule has 0 aliphatic rings. The third kappa shape index (κ3) is 3.05. The van der Waals surface area contributed by atoms with E-state index in [1.54, 1.807) is 0 Å². The Morgan fingerprint density at radius 2 is 2.00 bits per heavy atom. The minimum Gasteiger partial charge on any atom is -0.465 e. The fraction of sp³-hybridized carbons (Fsp3) is 0.200. The summed E-state index contributed by atoms with van der Waals surface area (Å²) in [4.78, 5) is 17.8. The van der Waals surface area contributed by atoms with E-state index in [1.165, 1.54) is 19.4 Å². The van der Waals surface area contributed by atoms with Gasteiger partial charge in [-0.1, -0.05) is 12.1 Å². The number of ether oxygens (including phenoxy) is 1. The van der Waals surface area contributed by atoms with Gasteiger partial charge in [-0.2, -0.15) is 0 Å². The standard InChI is InChI=1S/C15H18N4O2/c1-19(2)12-7-5-4-6-11(12)18-14-13(16)10(8-9-17-14)15(20)21-3/h4-9H,16H2,1-3H3,(H,17,18). The molecule has 110 valence electrons. The normalized spacial score (nSPS) is 10.0. The van der Waals surface area contributed by atoms with E-state index in [-0.39, 0.29) is 11.3 Å². The zero-order chi connectivity index (χ0) is 15.4. The maximum absolute atomic E-state index is 11.6. The number of nitrogens with zero attached hydrogens (tertiary/aromatic N) is 2. The molecule has 1 aromatic heterocycles. The first-order valence-corrected chi connectivity index (χ1v) is 6.40. The summed E-state index contributed by atoms with van der Waals surface area (Å²) in [5.41, 5.74) is 8.38. The lowest BCUT2D eigenvalue weighted by Gasteiger charge is -2.19. The second kappa shape index (κ2) is 6.13. The molecule has 0 bridgehead atoms. The van der Waals surface area contributed by atoms with Gasteiger partial charge in [-0.15, -0.1) is 0 Å². The number of carbonyl (C=O) groups is 1. The Hall–Kier alpha value is -2.76. The zero-order valence-electron chi connectivity index (χ0n) is 12.3. The number of hydrogen-bond acceptors (Lipinski definition) is 6. The topological polar surface area (TPSA) is 80.5 Å². The third-order valence-electron chi connectivity index (χ3n) is 3.03. The van der Waals surface area contributed by atoms with E-state index in [0.29, 0.717) is 5.82 Å². The van der Waals surface area contributed by atoms with Gasteiger partial charge in [0.15, 0.2) is 5.82 Å². The number of nitrogens with two attached hydrogens (primary N) is 1. The molecule has 0 atom stereocenters. The number of esters is 1. The molecule has 1 heterocycles. The van der Waals surface area contributed by atoms with Crippen molar-refractivity contribution in [2.24, 2.45) is 0 Å². The first kappa shape index (κ1) is 14.6. The Kier molecular flexibility index (Phi) is 4.27. The number of rotatable bonds is 4. The van der Waals surface area contributed by atoms with Crippen LogP contribution in [0.1, 0.15) is 10.4 Å². The number of pyridine rings is 1. The van der Waals surface area contributed by atoms with Crippen LogP contribution >= 0.6 is 0 Å². The van der Waals surface area contributed by atoms with Crippen molar-refractivity contribution in [2.45, 2.75) is 0 Å². The Morgan fingerprint density at radius 3 is 2.67 bits per heavy atom. The van der Waals surface area contributed by atoms with Crippen molar-refractivity contribution < 1.29 is 9.53 Å². The van der Waals surface area contributed by atoms with E-state index in [1.807, 2.05) is 43.3 Å². The molecular formula is C15H18N4O2. The van der Waals surface area contributed by atoms with Crippen molar-refractivity contribution in [1.29, 1.82) is 0 Å². The number of aromatic nitrogens is 1. The van der Waals surface area contributed by atoms with E-state index in [2.05, 4.69) is 10.3 Å². The number of hydrogen-bond donors (Lipinski definition) is 2. The second-order valence-corrected chi connectivity index (χ2v) is 4.65. The Labute approximate surface area is 123 Å². The highest BCUT2D eigenvalue weighted by Gasteiger charge is 2.15. The van der Waals surface area contributed by atoms with Crippen LogP contribution in [0, 0.1) is 0 Å². The number of methoxy groups -OCH3 is 1. The van der Waals surface area contributed by atoms with Gasteiger partial charge in [0.05, 0.1) is 29.7 Å². The number of anilines is 4. The minimum atomic E-state index is -0.487. The zero-order valence-corrected chi connectivity index (χ0v) is 12.3. The van der Waals surface area contributed by atoms with Crippen LogP contribution in [-0.4, -0.2) is 32.2 Å². The van der Waals surface area contributed by atoms with E-state index >= 15 is 0 Å². The molecule has 0 spiro atoms. The average Bonchev–Trinajstić information content (AvgIpc) is 2.49. The fourth-order valence-electron chi connectivity index (χ4n) is 1.96. The van der Waals surface area contributed by atoms with Crippen LogP contribution in [0.5, 0.6) is 0 Å². The SMILES string of the molecule is COC(=O)c1ccnc(Nc2ccccc2N(C)C)c1N. The largest absolute Gasteiger partial charge is 0.465 e. The number of carbonyl (C=O) groups excluding carboxylic acids is 1. The van der Waals surface area contributed by atoms with Gasteiger partial charge < -0.3 is 20.7 Å². The molecule has 0 fully saturated rings. The Balaban J connectivity index is 2.39. The summed E-state index contributed by atoms with van der Waals surface area (Å²) in [6.45, 7) is 0. The van der Waals surface area contributed by atoms with Crippen molar-refractivity contribution in [3.63, 3.8) is 0 Å². The van der Waals surface area contributed by atoms with Gasteiger partial charge in [-0.3, -0.25) is 0 Å². The lowest BCUT2D eigenvalue weighted by atomic mass is 10.2. The van der Waals surface area contributed by atoms with Gasteiger partial charge in [-0.25, -0.2) is 9.78 Å². The molecule has 1 aromatic carbocycles. The van der Waals surface area contributed by atoms with Gasteiger partial charge >= 0.3 is 5.97 Å². The molecule has 6 heteroatoms. The van der Waals surface area contributed by atoms with Crippen LogP contribution in [0.15, 0.2) is 36.5 Å².